The molecule has 0 heterocycles. The van der Waals surface area contributed by atoms with Gasteiger partial charge in [0.15, 0.2) is 0 Å². The zero-order valence-electron chi connectivity index (χ0n) is 7.57. The van der Waals surface area contributed by atoms with E-state index in [1.807, 2.05) is 12.1 Å². The molecule has 3 heteroatoms. The van der Waals surface area contributed by atoms with Crippen LogP contribution >= 0.6 is 11.6 Å². The minimum Gasteiger partial charge on any atom is -0.393 e. The number of hydrogen-bond acceptors (Lipinski definition) is 2. The van der Waals surface area contributed by atoms with Gasteiger partial charge < -0.3 is 5.11 Å². The summed E-state index contributed by atoms with van der Waals surface area (Å²) >= 11 is 5.76. The lowest BCUT2D eigenvalue weighted by atomic mass is 9.64. The highest BCUT2D eigenvalue weighted by atomic mass is 35.5. The maximum Gasteiger partial charge on any atom is 0.0871 e. The number of nitrogens with zero attached hydrogens (tertiary/aromatic N) is 1. The van der Waals surface area contributed by atoms with Gasteiger partial charge in [-0.15, -0.1) is 0 Å². The van der Waals surface area contributed by atoms with Crippen LogP contribution in [0.5, 0.6) is 0 Å². The van der Waals surface area contributed by atoms with Crippen LogP contribution in [0.15, 0.2) is 24.3 Å². The fourth-order valence-corrected chi connectivity index (χ4v) is 2.03. The Morgan fingerprint density at radius 3 is 2.36 bits per heavy atom. The summed E-state index contributed by atoms with van der Waals surface area (Å²) in [5, 5.41) is 19.0. The highest BCUT2D eigenvalue weighted by Crippen LogP contribution is 2.43. The second kappa shape index (κ2) is 3.27. The third kappa shape index (κ3) is 1.39. The number of aliphatic hydroxyl groups is 1. The fraction of sp³-hybridized carbons (Fsp3) is 0.364. The Balaban J connectivity index is 2.31. The quantitative estimate of drug-likeness (QED) is 0.768. The van der Waals surface area contributed by atoms with Crippen molar-refractivity contribution in [1.82, 2.24) is 0 Å². The molecule has 0 unspecified atom stereocenters. The molecule has 2 rings (SSSR count). The molecule has 0 radical (unpaired) electrons. The number of hydrogen-bond donors (Lipinski definition) is 1. The van der Waals surface area contributed by atoms with E-state index in [0.29, 0.717) is 17.9 Å². The first-order chi connectivity index (χ1) is 6.66. The van der Waals surface area contributed by atoms with Crippen LogP contribution in [0, 0.1) is 11.3 Å². The van der Waals surface area contributed by atoms with E-state index >= 15 is 0 Å². The zero-order valence-corrected chi connectivity index (χ0v) is 8.33. The topological polar surface area (TPSA) is 44.0 Å². The van der Waals surface area contributed by atoms with Gasteiger partial charge in [0.25, 0.3) is 0 Å². The molecular formula is C11H10ClNO. The van der Waals surface area contributed by atoms with Crippen molar-refractivity contribution in [2.45, 2.75) is 24.4 Å². The Kier molecular flexibility index (Phi) is 2.22. The molecule has 1 aromatic carbocycles. The number of nitriles is 1. The van der Waals surface area contributed by atoms with E-state index in [2.05, 4.69) is 6.07 Å². The molecule has 1 aliphatic carbocycles. The van der Waals surface area contributed by atoms with Crippen molar-refractivity contribution in [2.24, 2.45) is 0 Å². The molecule has 1 saturated carbocycles. The number of rotatable bonds is 1. The molecule has 0 saturated heterocycles. The molecule has 0 spiro atoms. The van der Waals surface area contributed by atoms with E-state index < -0.39 is 5.41 Å². The highest BCUT2D eigenvalue weighted by molar-refractivity contribution is 6.30. The van der Waals surface area contributed by atoms with Gasteiger partial charge in [0.2, 0.25) is 0 Å². The molecule has 1 fully saturated rings. The summed E-state index contributed by atoms with van der Waals surface area (Å²) in [6.07, 6.45) is 0.737. The van der Waals surface area contributed by atoms with Crippen LogP contribution in [0.4, 0.5) is 0 Å². The van der Waals surface area contributed by atoms with E-state index in [1.54, 1.807) is 12.1 Å². The molecule has 1 N–H and O–H groups in total. The van der Waals surface area contributed by atoms with Crippen molar-refractivity contribution in [3.63, 3.8) is 0 Å². The largest absolute Gasteiger partial charge is 0.393 e. The van der Waals surface area contributed by atoms with Crippen molar-refractivity contribution >= 4 is 11.6 Å². The summed E-state index contributed by atoms with van der Waals surface area (Å²) in [6, 6.07) is 9.55. The molecular weight excluding hydrogens is 198 g/mol. The third-order valence-electron chi connectivity index (χ3n) is 2.78. The molecule has 0 aromatic heterocycles. The highest BCUT2D eigenvalue weighted by Gasteiger charge is 2.45. The lowest BCUT2D eigenvalue weighted by Gasteiger charge is -2.40. The van der Waals surface area contributed by atoms with E-state index in [0.717, 1.165) is 5.56 Å². The van der Waals surface area contributed by atoms with E-state index in [1.165, 1.54) is 0 Å². The smallest absolute Gasteiger partial charge is 0.0871 e. The normalized spacial score (nSPS) is 30.5. The Bertz CT molecular complexity index is 373. The van der Waals surface area contributed by atoms with E-state index in [-0.39, 0.29) is 6.10 Å². The number of halogens is 1. The summed E-state index contributed by atoms with van der Waals surface area (Å²) in [7, 11) is 0. The van der Waals surface area contributed by atoms with Crippen LogP contribution < -0.4 is 0 Å². The first kappa shape index (κ1) is 9.51. The van der Waals surface area contributed by atoms with Crippen LogP contribution in [0.1, 0.15) is 18.4 Å². The van der Waals surface area contributed by atoms with Crippen LogP contribution in [-0.4, -0.2) is 11.2 Å². The lowest BCUT2D eigenvalue weighted by Crippen LogP contribution is -2.43. The average molecular weight is 208 g/mol. The number of aliphatic hydroxyl groups excluding tert-OH is 1. The molecule has 0 aliphatic heterocycles. The number of benzene rings is 1. The molecule has 1 aliphatic rings. The molecule has 0 bridgehead atoms. The SMILES string of the molecule is N#CC1(c2ccc(Cl)cc2)CC(O)C1. The summed E-state index contributed by atoms with van der Waals surface area (Å²) in [5.74, 6) is 0. The van der Waals surface area contributed by atoms with Gasteiger partial charge in [-0.2, -0.15) is 5.26 Å². The minimum absolute atomic E-state index is 0.328. The van der Waals surface area contributed by atoms with Crippen LogP contribution in [0.25, 0.3) is 0 Å². The first-order valence-electron chi connectivity index (χ1n) is 4.52. The van der Waals surface area contributed by atoms with E-state index in [4.69, 9.17) is 16.9 Å². The summed E-state index contributed by atoms with van der Waals surface area (Å²) in [6.45, 7) is 0. The van der Waals surface area contributed by atoms with Crippen molar-refractivity contribution in [2.75, 3.05) is 0 Å². The Hall–Kier alpha value is -1.04. The maximum absolute atomic E-state index is 9.25. The van der Waals surface area contributed by atoms with Crippen molar-refractivity contribution in [3.05, 3.63) is 34.9 Å². The molecule has 0 amide bonds. The third-order valence-corrected chi connectivity index (χ3v) is 3.03. The van der Waals surface area contributed by atoms with Crippen LogP contribution in [0.3, 0.4) is 0 Å². The molecule has 1 aromatic rings. The van der Waals surface area contributed by atoms with Gasteiger partial charge >= 0.3 is 0 Å². The first-order valence-corrected chi connectivity index (χ1v) is 4.89. The van der Waals surface area contributed by atoms with Gasteiger partial charge in [-0.1, -0.05) is 23.7 Å². The molecule has 0 atom stereocenters. The standard InChI is InChI=1S/C11H10ClNO/c12-9-3-1-8(2-4-9)11(7-13)5-10(14)6-11/h1-4,10,14H,5-6H2. The van der Waals surface area contributed by atoms with Gasteiger partial charge in [-0.05, 0) is 30.5 Å². The fourth-order valence-electron chi connectivity index (χ4n) is 1.91. The van der Waals surface area contributed by atoms with Crippen molar-refractivity contribution in [1.29, 1.82) is 5.26 Å². The van der Waals surface area contributed by atoms with Gasteiger partial charge in [-0.3, -0.25) is 0 Å². The van der Waals surface area contributed by atoms with Gasteiger partial charge in [0.1, 0.15) is 0 Å². The Morgan fingerprint density at radius 1 is 1.36 bits per heavy atom. The average Bonchev–Trinajstić information content (AvgIpc) is 2.14. The van der Waals surface area contributed by atoms with Gasteiger partial charge in [-0.25, -0.2) is 0 Å². The molecule has 2 nitrogen and oxygen atoms in total. The summed E-state index contributed by atoms with van der Waals surface area (Å²) in [5.41, 5.74) is 0.471. The maximum atomic E-state index is 9.25. The summed E-state index contributed by atoms with van der Waals surface area (Å²) < 4.78 is 0. The van der Waals surface area contributed by atoms with Crippen molar-refractivity contribution < 1.29 is 5.11 Å². The Labute approximate surface area is 87.7 Å². The second-order valence-corrected chi connectivity index (χ2v) is 4.20. The Morgan fingerprint density at radius 2 is 1.93 bits per heavy atom. The zero-order chi connectivity index (χ0) is 10.2. The molecule has 72 valence electrons. The lowest BCUT2D eigenvalue weighted by molar-refractivity contribution is 0.0447. The molecule has 14 heavy (non-hydrogen) atoms. The predicted octanol–water partition coefficient (Wildman–Crippen LogP) is 2.26. The van der Waals surface area contributed by atoms with Gasteiger partial charge in [0, 0.05) is 5.02 Å². The summed E-state index contributed by atoms with van der Waals surface area (Å²) in [4.78, 5) is 0. The van der Waals surface area contributed by atoms with E-state index in [9.17, 15) is 5.11 Å². The predicted molar refractivity (Wildman–Crippen MR) is 54.0 cm³/mol. The minimum atomic E-state index is -0.482. The van der Waals surface area contributed by atoms with Crippen LogP contribution in [-0.2, 0) is 5.41 Å². The van der Waals surface area contributed by atoms with Crippen LogP contribution in [0.2, 0.25) is 5.02 Å². The second-order valence-electron chi connectivity index (χ2n) is 3.76. The monoisotopic (exact) mass is 207 g/mol. The van der Waals surface area contributed by atoms with Crippen molar-refractivity contribution in [3.8, 4) is 6.07 Å². The van der Waals surface area contributed by atoms with Gasteiger partial charge in [0.05, 0.1) is 17.6 Å².